The van der Waals surface area contributed by atoms with Crippen LogP contribution in [0.1, 0.15) is 16.8 Å². The molecule has 2 heterocycles. The molecular weight excluding hydrogens is 399 g/mol. The van der Waals surface area contributed by atoms with E-state index in [2.05, 4.69) is 20.5 Å². The molecule has 166 valence electrons. The van der Waals surface area contributed by atoms with Crippen LogP contribution in [0.2, 0.25) is 0 Å². The molecule has 0 radical (unpaired) electrons. The summed E-state index contributed by atoms with van der Waals surface area (Å²) in [5, 5.41) is 5.50. The summed E-state index contributed by atoms with van der Waals surface area (Å²) in [6, 6.07) is 8.12. The van der Waals surface area contributed by atoms with Gasteiger partial charge in [0.15, 0.2) is 0 Å². The van der Waals surface area contributed by atoms with Crippen molar-refractivity contribution in [1.82, 2.24) is 25.0 Å². The lowest BCUT2D eigenvalue weighted by atomic mass is 10.1. The predicted molar refractivity (Wildman–Crippen MR) is 117 cm³/mol. The number of aromatic nitrogens is 1. The van der Waals surface area contributed by atoms with Crippen LogP contribution in [0, 0.1) is 12.7 Å². The zero-order chi connectivity index (χ0) is 22.4. The zero-order valence-corrected chi connectivity index (χ0v) is 18.2. The number of hydrogen-bond acceptors (Lipinski definition) is 4. The molecule has 2 aromatic rings. The first-order valence-corrected chi connectivity index (χ1v) is 10.2. The number of pyridine rings is 1. The maximum Gasteiger partial charge on any atom is 0.319 e. The average molecular weight is 429 g/mol. The lowest BCUT2D eigenvalue weighted by Crippen LogP contribution is -2.51. The second kappa shape index (κ2) is 10.2. The number of aryl methyl sites for hydroxylation is 1. The number of benzene rings is 1. The van der Waals surface area contributed by atoms with Gasteiger partial charge in [-0.1, -0.05) is 6.07 Å². The molecule has 9 heteroatoms. The van der Waals surface area contributed by atoms with Crippen LogP contribution in [0.3, 0.4) is 0 Å². The average Bonchev–Trinajstić information content (AvgIpc) is 2.76. The summed E-state index contributed by atoms with van der Waals surface area (Å²) in [7, 11) is 3.48. The Kier molecular flexibility index (Phi) is 7.41. The fourth-order valence-corrected chi connectivity index (χ4v) is 3.38. The fraction of sp³-hybridized carbons (Fsp3) is 0.409. The number of urea groups is 2. The van der Waals surface area contributed by atoms with Crippen molar-refractivity contribution in [2.75, 3.05) is 45.6 Å². The van der Waals surface area contributed by atoms with Crippen LogP contribution >= 0.6 is 0 Å². The van der Waals surface area contributed by atoms with Gasteiger partial charge in [0.2, 0.25) is 0 Å². The number of nitrogens with one attached hydrogen (secondary N) is 2. The highest BCUT2D eigenvalue weighted by Crippen LogP contribution is 2.15. The molecule has 1 aliphatic rings. The molecular formula is C22H29FN6O2. The Balaban J connectivity index is 1.51. The van der Waals surface area contributed by atoms with E-state index in [4.69, 9.17) is 0 Å². The molecule has 1 fully saturated rings. The van der Waals surface area contributed by atoms with Gasteiger partial charge >= 0.3 is 12.1 Å². The molecule has 0 atom stereocenters. The molecule has 1 aromatic carbocycles. The summed E-state index contributed by atoms with van der Waals surface area (Å²) >= 11 is 0. The molecule has 3 rings (SSSR count). The number of anilines is 1. The molecule has 1 aliphatic heterocycles. The monoisotopic (exact) mass is 428 g/mol. The summed E-state index contributed by atoms with van der Waals surface area (Å²) in [4.78, 5) is 33.8. The van der Waals surface area contributed by atoms with Gasteiger partial charge < -0.3 is 20.4 Å². The standard InChI is InChI=1S/C22H29FN6O2/c1-16-4-6-19(14-24-16)26-21(30)25-13-17-5-7-20(23)18(12-17)15-28-8-10-29(11-9-28)22(31)27(2)3/h4-7,12,14H,8-11,13,15H2,1-3H3,(H2,25,26,30). The van der Waals surface area contributed by atoms with Crippen LogP contribution < -0.4 is 10.6 Å². The maximum absolute atomic E-state index is 14.3. The Morgan fingerprint density at radius 3 is 2.52 bits per heavy atom. The van der Waals surface area contributed by atoms with Gasteiger partial charge in [0, 0.05) is 64.6 Å². The van der Waals surface area contributed by atoms with E-state index in [1.807, 2.05) is 13.0 Å². The van der Waals surface area contributed by atoms with Gasteiger partial charge in [-0.25, -0.2) is 14.0 Å². The van der Waals surface area contributed by atoms with E-state index in [0.717, 1.165) is 11.3 Å². The maximum atomic E-state index is 14.3. The SMILES string of the molecule is Cc1ccc(NC(=O)NCc2ccc(F)c(CN3CCN(C(=O)N(C)C)CC3)c2)cn1. The Labute approximate surface area is 182 Å². The normalized spacial score (nSPS) is 14.3. The number of carbonyl (C=O) groups excluding carboxylic acids is 2. The van der Waals surface area contributed by atoms with Gasteiger partial charge in [0.25, 0.3) is 0 Å². The smallest absolute Gasteiger partial charge is 0.319 e. The molecule has 1 aromatic heterocycles. The fourth-order valence-electron chi connectivity index (χ4n) is 3.38. The third-order valence-corrected chi connectivity index (χ3v) is 5.15. The highest BCUT2D eigenvalue weighted by atomic mass is 19.1. The molecule has 4 amide bonds. The zero-order valence-electron chi connectivity index (χ0n) is 18.2. The molecule has 0 aliphatic carbocycles. The minimum Gasteiger partial charge on any atom is -0.334 e. The molecule has 1 saturated heterocycles. The number of nitrogens with zero attached hydrogens (tertiary/aromatic N) is 4. The van der Waals surface area contributed by atoms with Crippen molar-refractivity contribution >= 4 is 17.7 Å². The first kappa shape index (κ1) is 22.5. The second-order valence-electron chi connectivity index (χ2n) is 7.86. The Morgan fingerprint density at radius 1 is 1.13 bits per heavy atom. The van der Waals surface area contributed by atoms with E-state index in [1.54, 1.807) is 48.3 Å². The highest BCUT2D eigenvalue weighted by molar-refractivity contribution is 5.88. The number of piperazine rings is 1. The number of halogens is 1. The van der Waals surface area contributed by atoms with Crippen LogP contribution in [-0.4, -0.2) is 72.0 Å². The van der Waals surface area contributed by atoms with Crippen molar-refractivity contribution in [2.45, 2.75) is 20.0 Å². The van der Waals surface area contributed by atoms with Gasteiger partial charge in [0.05, 0.1) is 11.9 Å². The first-order valence-electron chi connectivity index (χ1n) is 10.2. The minimum absolute atomic E-state index is 0.00130. The van der Waals surface area contributed by atoms with Crippen molar-refractivity contribution < 1.29 is 14.0 Å². The van der Waals surface area contributed by atoms with Crippen LogP contribution in [0.25, 0.3) is 0 Å². The molecule has 8 nitrogen and oxygen atoms in total. The number of hydrogen-bond donors (Lipinski definition) is 2. The van der Waals surface area contributed by atoms with E-state index < -0.39 is 0 Å². The molecule has 0 saturated carbocycles. The van der Waals surface area contributed by atoms with E-state index in [-0.39, 0.29) is 24.4 Å². The van der Waals surface area contributed by atoms with Gasteiger partial charge in [-0.15, -0.1) is 0 Å². The highest BCUT2D eigenvalue weighted by Gasteiger charge is 2.22. The van der Waals surface area contributed by atoms with E-state index in [1.165, 1.54) is 6.07 Å². The van der Waals surface area contributed by atoms with Crippen molar-refractivity contribution in [3.05, 3.63) is 59.2 Å². The molecule has 31 heavy (non-hydrogen) atoms. The number of carbonyl (C=O) groups is 2. The summed E-state index contributed by atoms with van der Waals surface area (Å²) in [5.41, 5.74) is 2.87. The Bertz CT molecular complexity index is 911. The van der Waals surface area contributed by atoms with E-state index >= 15 is 0 Å². The summed E-state index contributed by atoms with van der Waals surface area (Å²) in [6.45, 7) is 5.23. The summed E-state index contributed by atoms with van der Waals surface area (Å²) in [5.74, 6) is -0.272. The van der Waals surface area contributed by atoms with Gasteiger partial charge in [-0.2, -0.15) is 0 Å². The Hall–Kier alpha value is -3.20. The lowest BCUT2D eigenvalue weighted by molar-refractivity contribution is 0.119. The second-order valence-corrected chi connectivity index (χ2v) is 7.86. The molecule has 0 spiro atoms. The van der Waals surface area contributed by atoms with Crippen LogP contribution in [0.4, 0.5) is 19.7 Å². The van der Waals surface area contributed by atoms with Crippen molar-refractivity contribution in [2.24, 2.45) is 0 Å². The first-order chi connectivity index (χ1) is 14.8. The van der Waals surface area contributed by atoms with Crippen molar-refractivity contribution in [3.63, 3.8) is 0 Å². The van der Waals surface area contributed by atoms with Gasteiger partial charge in [-0.3, -0.25) is 9.88 Å². The topological polar surface area (TPSA) is 80.8 Å². The largest absolute Gasteiger partial charge is 0.334 e. The third-order valence-electron chi connectivity index (χ3n) is 5.15. The molecule has 2 N–H and O–H groups in total. The number of rotatable bonds is 5. The minimum atomic E-state index is -0.349. The van der Waals surface area contributed by atoms with E-state index in [9.17, 15) is 14.0 Å². The van der Waals surface area contributed by atoms with Crippen molar-refractivity contribution in [1.29, 1.82) is 0 Å². The van der Waals surface area contributed by atoms with E-state index in [0.29, 0.717) is 44.0 Å². The Morgan fingerprint density at radius 2 is 1.87 bits per heavy atom. The predicted octanol–water partition coefficient (Wildman–Crippen LogP) is 2.65. The number of amides is 4. The quantitative estimate of drug-likeness (QED) is 0.767. The van der Waals surface area contributed by atoms with Crippen LogP contribution in [0.5, 0.6) is 0 Å². The molecule has 0 bridgehead atoms. The van der Waals surface area contributed by atoms with Gasteiger partial charge in [-0.05, 0) is 36.8 Å². The summed E-state index contributed by atoms with van der Waals surface area (Å²) in [6.07, 6.45) is 1.59. The van der Waals surface area contributed by atoms with Gasteiger partial charge in [0.1, 0.15) is 5.82 Å². The third kappa shape index (κ3) is 6.39. The van der Waals surface area contributed by atoms with Crippen LogP contribution in [-0.2, 0) is 13.1 Å². The van der Waals surface area contributed by atoms with Crippen LogP contribution in [0.15, 0.2) is 36.5 Å². The summed E-state index contributed by atoms with van der Waals surface area (Å²) < 4.78 is 14.3. The lowest BCUT2D eigenvalue weighted by Gasteiger charge is -2.36. The molecule has 0 unspecified atom stereocenters. The van der Waals surface area contributed by atoms with Crippen molar-refractivity contribution in [3.8, 4) is 0 Å².